The van der Waals surface area contributed by atoms with Gasteiger partial charge < -0.3 is 15.6 Å². The van der Waals surface area contributed by atoms with E-state index >= 15 is 0 Å². The number of aromatic carboxylic acids is 1. The number of nitrogens with two attached hydrogens (primary N) is 1. The Labute approximate surface area is 208 Å². The van der Waals surface area contributed by atoms with Crippen LogP contribution in [0.4, 0.5) is 4.39 Å². The lowest BCUT2D eigenvalue weighted by Crippen LogP contribution is -2.61. The fraction of sp³-hybridized carbons (Fsp3) is 0.440. The second kappa shape index (κ2) is 9.22. The van der Waals surface area contributed by atoms with Gasteiger partial charge in [0, 0.05) is 5.92 Å². The lowest BCUT2D eigenvalue weighted by molar-refractivity contribution is -0.129. The van der Waals surface area contributed by atoms with Gasteiger partial charge in [-0.2, -0.15) is 0 Å². The zero-order valence-electron chi connectivity index (χ0n) is 19.7. The Balaban J connectivity index is 1.58. The van der Waals surface area contributed by atoms with E-state index in [1.54, 1.807) is 12.1 Å². The number of Topliss-reactive ketones (excluding diaryl/α,β-unsaturated/α-hetero) is 1. The summed E-state index contributed by atoms with van der Waals surface area (Å²) in [5.41, 5.74) is 7.05. The number of fused-ring (bicyclic) bond motifs is 3. The van der Waals surface area contributed by atoms with Crippen molar-refractivity contribution in [3.63, 3.8) is 0 Å². The fourth-order valence-electron chi connectivity index (χ4n) is 5.51. The third kappa shape index (κ3) is 4.09. The summed E-state index contributed by atoms with van der Waals surface area (Å²) in [4.78, 5) is 27.2. The van der Waals surface area contributed by atoms with Crippen LogP contribution in [0.25, 0.3) is 0 Å². The minimum atomic E-state index is -4.43. The molecular formula is C25H28FN3O6S. The predicted molar refractivity (Wildman–Crippen MR) is 127 cm³/mol. The van der Waals surface area contributed by atoms with Crippen molar-refractivity contribution < 1.29 is 32.2 Å². The number of sulfonamides is 1. The number of likely N-dealkylation sites (tertiary alicyclic amines) is 1. The maximum atomic E-state index is 13.9. The first-order valence-corrected chi connectivity index (χ1v) is 13.4. The van der Waals surface area contributed by atoms with Crippen LogP contribution >= 0.6 is 0 Å². The molecule has 36 heavy (non-hydrogen) atoms. The first-order chi connectivity index (χ1) is 17.1. The molecule has 3 aliphatic rings. The molecule has 0 bridgehead atoms. The number of carboxylic acid groups (broad SMARTS) is 1. The summed E-state index contributed by atoms with van der Waals surface area (Å²) < 4.78 is 48.4. The largest absolute Gasteiger partial charge is 0.478 e. The van der Waals surface area contributed by atoms with Crippen molar-refractivity contribution in [2.45, 2.75) is 55.4 Å². The van der Waals surface area contributed by atoms with Crippen LogP contribution in [0.1, 0.15) is 48.0 Å². The molecule has 0 radical (unpaired) electrons. The van der Waals surface area contributed by atoms with Crippen LogP contribution in [-0.2, 0) is 14.8 Å². The van der Waals surface area contributed by atoms with Gasteiger partial charge in [0.2, 0.25) is 10.0 Å². The van der Waals surface area contributed by atoms with E-state index in [0.717, 1.165) is 35.0 Å². The highest BCUT2D eigenvalue weighted by Gasteiger charge is 2.57. The first-order valence-electron chi connectivity index (χ1n) is 12.0. The first kappa shape index (κ1) is 24.8. The van der Waals surface area contributed by atoms with Crippen molar-refractivity contribution in [2.24, 2.45) is 11.7 Å². The number of likely N-dealkylation sites (N-methyl/N-ethyl adjacent to an activating group) is 1. The van der Waals surface area contributed by atoms with E-state index in [1.807, 2.05) is 11.8 Å². The fourth-order valence-corrected chi connectivity index (χ4v) is 7.10. The second-order valence-corrected chi connectivity index (χ2v) is 11.3. The monoisotopic (exact) mass is 517 g/mol. The SMILES string of the molecule is CCN1CCC[C@@H]1C(=O)C(N)N(C1Oc2c(C(=O)O)cccc2C2CC21)S(=O)(=O)c1ccc(F)cc1. The van der Waals surface area contributed by atoms with Gasteiger partial charge in [-0.25, -0.2) is 17.6 Å². The van der Waals surface area contributed by atoms with Crippen LogP contribution in [0.2, 0.25) is 0 Å². The molecule has 192 valence electrons. The summed E-state index contributed by atoms with van der Waals surface area (Å²) >= 11 is 0. The molecule has 0 amide bonds. The highest BCUT2D eigenvalue weighted by molar-refractivity contribution is 7.89. The summed E-state index contributed by atoms with van der Waals surface area (Å²) in [5, 5.41) is 9.69. The third-order valence-electron chi connectivity index (χ3n) is 7.42. The number of benzene rings is 2. The molecule has 5 rings (SSSR count). The molecule has 0 aromatic heterocycles. The third-order valence-corrected chi connectivity index (χ3v) is 9.28. The minimum absolute atomic E-state index is 0.0868. The molecule has 2 aliphatic heterocycles. The van der Waals surface area contributed by atoms with Gasteiger partial charge in [0.25, 0.3) is 0 Å². The number of nitrogens with zero attached hydrogens (tertiary/aromatic N) is 2. The maximum Gasteiger partial charge on any atom is 0.339 e. The highest BCUT2D eigenvalue weighted by Crippen LogP contribution is 2.58. The van der Waals surface area contributed by atoms with Crippen molar-refractivity contribution in [1.82, 2.24) is 9.21 Å². The zero-order chi connectivity index (χ0) is 25.8. The Kier molecular flexibility index (Phi) is 6.36. The van der Waals surface area contributed by atoms with Crippen molar-refractivity contribution >= 4 is 21.8 Å². The van der Waals surface area contributed by atoms with E-state index < -0.39 is 46.0 Å². The highest BCUT2D eigenvalue weighted by atomic mass is 32.2. The zero-order valence-corrected chi connectivity index (χ0v) is 20.5. The van der Waals surface area contributed by atoms with Gasteiger partial charge in [-0.05, 0) is 74.2 Å². The number of rotatable bonds is 8. The Morgan fingerprint density at radius 3 is 2.64 bits per heavy atom. The lowest BCUT2D eigenvalue weighted by Gasteiger charge is -2.38. The summed E-state index contributed by atoms with van der Waals surface area (Å²) in [7, 11) is -4.43. The normalized spacial score (nSPS) is 26.1. The molecule has 1 aliphatic carbocycles. The Bertz CT molecular complexity index is 1300. The quantitative estimate of drug-likeness (QED) is 0.511. The number of carboxylic acids is 1. The molecule has 4 unspecified atom stereocenters. The van der Waals surface area contributed by atoms with E-state index in [4.69, 9.17) is 10.5 Å². The molecule has 1 saturated carbocycles. The Morgan fingerprint density at radius 1 is 1.25 bits per heavy atom. The van der Waals surface area contributed by atoms with Crippen molar-refractivity contribution in [2.75, 3.05) is 13.1 Å². The Hall–Kier alpha value is -2.86. The van der Waals surface area contributed by atoms with E-state index in [-0.39, 0.29) is 28.0 Å². The molecule has 2 aromatic rings. The van der Waals surface area contributed by atoms with Crippen LogP contribution in [0.15, 0.2) is 47.4 Å². The number of carbonyl (C=O) groups excluding carboxylic acids is 1. The van der Waals surface area contributed by atoms with E-state index in [0.29, 0.717) is 31.5 Å². The molecule has 2 aromatic carbocycles. The number of para-hydroxylation sites is 1. The molecule has 3 N–H and O–H groups in total. The van der Waals surface area contributed by atoms with Gasteiger partial charge in [0.05, 0.1) is 10.9 Å². The molecular weight excluding hydrogens is 489 g/mol. The molecule has 5 atom stereocenters. The van der Waals surface area contributed by atoms with Crippen LogP contribution in [-0.4, -0.2) is 66.0 Å². The predicted octanol–water partition coefficient (Wildman–Crippen LogP) is 2.38. The van der Waals surface area contributed by atoms with Crippen LogP contribution < -0.4 is 10.5 Å². The van der Waals surface area contributed by atoms with Gasteiger partial charge >= 0.3 is 5.97 Å². The molecule has 11 heteroatoms. The summed E-state index contributed by atoms with van der Waals surface area (Å²) in [5.74, 6) is -2.60. The number of halogens is 1. The smallest absolute Gasteiger partial charge is 0.339 e. The average molecular weight is 518 g/mol. The Morgan fingerprint density at radius 2 is 1.97 bits per heavy atom. The van der Waals surface area contributed by atoms with Gasteiger partial charge in [0.1, 0.15) is 23.3 Å². The average Bonchev–Trinajstić information content (AvgIpc) is 3.52. The van der Waals surface area contributed by atoms with Crippen LogP contribution in [0.5, 0.6) is 5.75 Å². The van der Waals surface area contributed by atoms with E-state index in [9.17, 15) is 27.5 Å². The maximum absolute atomic E-state index is 13.9. The van der Waals surface area contributed by atoms with E-state index in [2.05, 4.69) is 0 Å². The van der Waals surface area contributed by atoms with E-state index in [1.165, 1.54) is 6.07 Å². The molecule has 9 nitrogen and oxygen atoms in total. The van der Waals surface area contributed by atoms with Gasteiger partial charge in [-0.3, -0.25) is 9.69 Å². The van der Waals surface area contributed by atoms with Crippen molar-refractivity contribution in [1.29, 1.82) is 0 Å². The summed E-state index contributed by atoms with van der Waals surface area (Å²) in [6.07, 6.45) is -0.840. The van der Waals surface area contributed by atoms with Crippen molar-refractivity contribution in [3.8, 4) is 5.75 Å². The molecule has 0 spiro atoms. The standard InChI is InChI=1S/C25H28FN3O6S/c1-2-28-12-4-7-20(28)21(30)23(27)29(36(33,34)15-10-8-14(26)9-11-15)24-19-13-18(19)16-5-3-6-17(25(31)32)22(16)35-24/h3,5-6,8-11,18-20,23-24H,2,4,7,12-13,27H2,1H3,(H,31,32)/t18?,19?,20-,23?,24?/m1/s1. The summed E-state index contributed by atoms with van der Waals surface area (Å²) in [6.45, 7) is 3.26. The number of carbonyl (C=O) groups is 2. The summed E-state index contributed by atoms with van der Waals surface area (Å²) in [6, 6.07) is 8.53. The van der Waals surface area contributed by atoms with Gasteiger partial charge in [-0.1, -0.05) is 19.1 Å². The number of hydrogen-bond donors (Lipinski definition) is 2. The molecule has 1 saturated heterocycles. The number of hydrogen-bond acceptors (Lipinski definition) is 7. The van der Waals surface area contributed by atoms with Gasteiger partial charge in [-0.15, -0.1) is 4.31 Å². The van der Waals surface area contributed by atoms with Crippen LogP contribution in [0.3, 0.4) is 0 Å². The molecule has 2 heterocycles. The molecule has 2 fully saturated rings. The van der Waals surface area contributed by atoms with Gasteiger partial charge in [0.15, 0.2) is 12.0 Å². The second-order valence-electron chi connectivity index (χ2n) is 9.47. The minimum Gasteiger partial charge on any atom is -0.478 e. The van der Waals surface area contributed by atoms with Crippen molar-refractivity contribution in [3.05, 3.63) is 59.4 Å². The number of ether oxygens (including phenoxy) is 1. The number of ketones is 1. The van der Waals surface area contributed by atoms with Crippen LogP contribution in [0, 0.1) is 11.7 Å². The lowest BCUT2D eigenvalue weighted by atomic mass is 10.0. The topological polar surface area (TPSA) is 130 Å².